The van der Waals surface area contributed by atoms with Gasteiger partial charge in [0.25, 0.3) is 6.47 Å². The Morgan fingerprint density at radius 3 is 2.74 bits per heavy atom. The van der Waals surface area contributed by atoms with Crippen LogP contribution in [-0.4, -0.2) is 42.7 Å². The first-order valence-electron chi connectivity index (χ1n) is 6.97. The molecule has 0 radical (unpaired) electrons. The maximum atomic E-state index is 12.9. The average Bonchev–Trinajstić information content (AvgIpc) is 2.98. The first-order chi connectivity index (χ1) is 11.0. The molecule has 1 saturated heterocycles. The lowest BCUT2D eigenvalue weighted by atomic mass is 10.1. The van der Waals surface area contributed by atoms with E-state index in [1.807, 2.05) is 4.90 Å². The Labute approximate surface area is 129 Å². The van der Waals surface area contributed by atoms with Gasteiger partial charge >= 0.3 is 6.18 Å². The van der Waals surface area contributed by atoms with Gasteiger partial charge in [0.2, 0.25) is 5.82 Å². The highest BCUT2D eigenvalue weighted by molar-refractivity contribution is 5.83. The van der Waals surface area contributed by atoms with Crippen molar-refractivity contribution in [1.29, 1.82) is 0 Å². The molecule has 0 unspecified atom stereocenters. The molecule has 124 valence electrons. The molecule has 0 bridgehead atoms. The molecule has 1 fully saturated rings. The monoisotopic (exact) mass is 329 g/mol. The smallest absolute Gasteiger partial charge is 0.449 e. The van der Waals surface area contributed by atoms with Gasteiger partial charge < -0.3 is 19.4 Å². The Kier molecular flexibility index (Phi) is 4.12. The SMILES string of the molecule is O=COCc1cc(N2CCOCC2)cc2nc(C(F)(F)F)[nH]c12. The number of hydrogen-bond donors (Lipinski definition) is 1. The molecule has 0 aliphatic carbocycles. The van der Waals surface area contributed by atoms with Gasteiger partial charge in [-0.15, -0.1) is 0 Å². The number of imidazole rings is 1. The van der Waals surface area contributed by atoms with Gasteiger partial charge in [-0.2, -0.15) is 13.2 Å². The van der Waals surface area contributed by atoms with E-state index in [0.717, 1.165) is 5.69 Å². The maximum absolute atomic E-state index is 12.9. The van der Waals surface area contributed by atoms with E-state index in [-0.39, 0.29) is 24.1 Å². The number of carbonyl (C=O) groups is 1. The number of H-pyrrole nitrogens is 1. The molecule has 0 saturated carbocycles. The van der Waals surface area contributed by atoms with Gasteiger partial charge in [0, 0.05) is 24.3 Å². The summed E-state index contributed by atoms with van der Waals surface area (Å²) in [7, 11) is 0. The van der Waals surface area contributed by atoms with Gasteiger partial charge in [-0.05, 0) is 12.1 Å². The minimum atomic E-state index is -4.57. The third-order valence-electron chi connectivity index (χ3n) is 3.61. The number of rotatable bonds is 4. The van der Waals surface area contributed by atoms with E-state index >= 15 is 0 Å². The van der Waals surface area contributed by atoms with Gasteiger partial charge in [-0.3, -0.25) is 4.79 Å². The molecule has 23 heavy (non-hydrogen) atoms. The molecule has 0 atom stereocenters. The van der Waals surface area contributed by atoms with Crippen LogP contribution in [0.1, 0.15) is 11.4 Å². The van der Waals surface area contributed by atoms with Gasteiger partial charge in [-0.1, -0.05) is 0 Å². The summed E-state index contributed by atoms with van der Waals surface area (Å²) in [5, 5.41) is 0. The van der Waals surface area contributed by atoms with E-state index < -0.39 is 12.0 Å². The molecule has 2 aromatic rings. The molecule has 0 spiro atoms. The molecule has 1 aliphatic rings. The highest BCUT2D eigenvalue weighted by Gasteiger charge is 2.35. The molecule has 1 N–H and O–H groups in total. The largest absolute Gasteiger partial charge is 0.463 e. The molecule has 1 aliphatic heterocycles. The van der Waals surface area contributed by atoms with E-state index in [2.05, 4.69) is 9.97 Å². The standard InChI is InChI=1S/C14H14F3N3O3/c15-14(16,17)13-18-11-6-10(20-1-3-22-4-2-20)5-9(7-23-8-21)12(11)19-13/h5-6,8H,1-4,7H2,(H,18,19). The van der Waals surface area contributed by atoms with Crippen LogP contribution in [0.4, 0.5) is 18.9 Å². The van der Waals surface area contributed by atoms with Crippen molar-refractivity contribution >= 4 is 23.2 Å². The summed E-state index contributed by atoms with van der Waals surface area (Å²) < 4.78 is 48.6. The van der Waals surface area contributed by atoms with Crippen molar-refractivity contribution in [1.82, 2.24) is 9.97 Å². The normalized spacial score (nSPS) is 15.9. The number of aromatic amines is 1. The van der Waals surface area contributed by atoms with Crippen LogP contribution in [0, 0.1) is 0 Å². The third kappa shape index (κ3) is 3.24. The number of benzene rings is 1. The number of ether oxygens (including phenoxy) is 2. The van der Waals surface area contributed by atoms with Crippen LogP contribution in [0.5, 0.6) is 0 Å². The topological polar surface area (TPSA) is 67.4 Å². The number of nitrogens with one attached hydrogen (secondary N) is 1. The van der Waals surface area contributed by atoms with Crippen LogP contribution < -0.4 is 4.90 Å². The molecule has 9 heteroatoms. The second-order valence-electron chi connectivity index (χ2n) is 5.09. The summed E-state index contributed by atoms with van der Waals surface area (Å²) in [6.45, 7) is 2.50. The summed E-state index contributed by atoms with van der Waals surface area (Å²) >= 11 is 0. The van der Waals surface area contributed by atoms with Crippen molar-refractivity contribution in [3.63, 3.8) is 0 Å². The van der Waals surface area contributed by atoms with Crippen LogP contribution >= 0.6 is 0 Å². The number of nitrogens with zero attached hydrogens (tertiary/aromatic N) is 2. The van der Waals surface area contributed by atoms with Gasteiger partial charge in [-0.25, -0.2) is 4.98 Å². The molecule has 6 nitrogen and oxygen atoms in total. The minimum Gasteiger partial charge on any atom is -0.463 e. The predicted octanol–water partition coefficient (Wildman–Crippen LogP) is 2.09. The lowest BCUT2D eigenvalue weighted by molar-refractivity contribution is -0.144. The molecule has 3 rings (SSSR count). The first kappa shape index (κ1) is 15.6. The number of alkyl halides is 3. The summed E-state index contributed by atoms with van der Waals surface area (Å²) in [5.41, 5.74) is 1.58. The van der Waals surface area contributed by atoms with E-state index in [0.29, 0.717) is 31.9 Å². The van der Waals surface area contributed by atoms with Crippen LogP contribution in [-0.2, 0) is 27.1 Å². The number of carbonyl (C=O) groups excluding carboxylic acids is 1. The average molecular weight is 329 g/mol. The molecular formula is C14H14F3N3O3. The Morgan fingerprint density at radius 2 is 2.09 bits per heavy atom. The number of anilines is 1. The molecule has 1 aromatic carbocycles. The molecular weight excluding hydrogens is 315 g/mol. The zero-order chi connectivity index (χ0) is 16.4. The van der Waals surface area contributed by atoms with Crippen molar-refractivity contribution < 1.29 is 27.4 Å². The first-order valence-corrected chi connectivity index (χ1v) is 6.97. The fourth-order valence-corrected chi connectivity index (χ4v) is 2.54. The van der Waals surface area contributed by atoms with Crippen LogP contribution in [0.2, 0.25) is 0 Å². The van der Waals surface area contributed by atoms with Crippen molar-refractivity contribution in [3.05, 3.63) is 23.5 Å². The van der Waals surface area contributed by atoms with Crippen LogP contribution in [0.15, 0.2) is 12.1 Å². The second kappa shape index (κ2) is 6.07. The molecule has 0 amide bonds. The number of fused-ring (bicyclic) bond motifs is 1. The molecule has 1 aromatic heterocycles. The van der Waals surface area contributed by atoms with Gasteiger partial charge in [0.05, 0.1) is 24.2 Å². The van der Waals surface area contributed by atoms with E-state index in [9.17, 15) is 18.0 Å². The fraction of sp³-hybridized carbons (Fsp3) is 0.429. The van der Waals surface area contributed by atoms with E-state index in [1.165, 1.54) is 0 Å². The Balaban J connectivity index is 2.06. The summed E-state index contributed by atoms with van der Waals surface area (Å²) in [4.78, 5) is 18.3. The Morgan fingerprint density at radius 1 is 1.35 bits per heavy atom. The number of aromatic nitrogens is 2. The summed E-state index contributed by atoms with van der Waals surface area (Å²) in [6.07, 6.45) is -4.57. The highest BCUT2D eigenvalue weighted by atomic mass is 19.4. The second-order valence-corrected chi connectivity index (χ2v) is 5.09. The zero-order valence-electron chi connectivity index (χ0n) is 12.0. The third-order valence-corrected chi connectivity index (χ3v) is 3.61. The van der Waals surface area contributed by atoms with Crippen LogP contribution in [0.25, 0.3) is 11.0 Å². The van der Waals surface area contributed by atoms with Crippen molar-refractivity contribution in [2.75, 3.05) is 31.2 Å². The Hall–Kier alpha value is -2.29. The Bertz CT molecular complexity index is 708. The van der Waals surface area contributed by atoms with Crippen LogP contribution in [0.3, 0.4) is 0 Å². The van der Waals surface area contributed by atoms with E-state index in [1.54, 1.807) is 12.1 Å². The zero-order valence-corrected chi connectivity index (χ0v) is 12.0. The van der Waals surface area contributed by atoms with Crippen molar-refractivity contribution in [2.45, 2.75) is 12.8 Å². The fourth-order valence-electron chi connectivity index (χ4n) is 2.54. The van der Waals surface area contributed by atoms with E-state index in [4.69, 9.17) is 9.47 Å². The number of hydrogen-bond acceptors (Lipinski definition) is 5. The van der Waals surface area contributed by atoms with Gasteiger partial charge in [0.15, 0.2) is 0 Å². The lowest BCUT2D eigenvalue weighted by Crippen LogP contribution is -2.36. The lowest BCUT2D eigenvalue weighted by Gasteiger charge is -2.29. The summed E-state index contributed by atoms with van der Waals surface area (Å²) in [6, 6.07) is 3.30. The van der Waals surface area contributed by atoms with Gasteiger partial charge in [0.1, 0.15) is 6.61 Å². The minimum absolute atomic E-state index is 0.127. The van der Waals surface area contributed by atoms with Crippen molar-refractivity contribution in [2.24, 2.45) is 0 Å². The maximum Gasteiger partial charge on any atom is 0.449 e. The molecule has 2 heterocycles. The highest BCUT2D eigenvalue weighted by Crippen LogP contribution is 2.32. The predicted molar refractivity (Wildman–Crippen MR) is 75.0 cm³/mol. The summed E-state index contributed by atoms with van der Waals surface area (Å²) in [5.74, 6) is -1.07. The van der Waals surface area contributed by atoms with Crippen molar-refractivity contribution in [3.8, 4) is 0 Å². The quantitative estimate of drug-likeness (QED) is 0.870. The number of halogens is 3. The number of morpholine rings is 1.